The highest BCUT2D eigenvalue weighted by Gasteiger charge is 2.04. The minimum absolute atomic E-state index is 0.439. The van der Waals surface area contributed by atoms with Crippen LogP contribution in [-0.2, 0) is 0 Å². The van der Waals surface area contributed by atoms with Crippen molar-refractivity contribution in [2.45, 2.75) is 47.5 Å². The molecule has 0 unspecified atom stereocenters. The molecule has 2 aromatic carbocycles. The predicted molar refractivity (Wildman–Crippen MR) is 134 cm³/mol. The Morgan fingerprint density at radius 1 is 1.13 bits per heavy atom. The molecule has 2 rings (SSSR count). The lowest BCUT2D eigenvalue weighted by atomic mass is 10.1. The van der Waals surface area contributed by atoms with Crippen LogP contribution in [0.15, 0.2) is 72.0 Å². The summed E-state index contributed by atoms with van der Waals surface area (Å²) >= 11 is 6.16. The van der Waals surface area contributed by atoms with Gasteiger partial charge in [0.05, 0.1) is 18.0 Å². The largest absolute Gasteiger partial charge is 0.495 e. The zero-order valence-electron chi connectivity index (χ0n) is 19.1. The molecule has 0 saturated carbocycles. The fraction of sp³-hybridized carbons (Fsp3) is 0.320. The van der Waals surface area contributed by atoms with E-state index in [1.54, 1.807) is 26.2 Å². The highest BCUT2D eigenvalue weighted by Crippen LogP contribution is 2.28. The maximum atomic E-state index is 6.16. The number of hydrogen-bond acceptors (Lipinski definition) is 3. The molecule has 0 heterocycles. The van der Waals surface area contributed by atoms with Crippen LogP contribution in [0.25, 0.3) is 5.57 Å². The summed E-state index contributed by atoms with van der Waals surface area (Å²) in [5.41, 5.74) is 8.34. The minimum Gasteiger partial charge on any atom is -0.495 e. The van der Waals surface area contributed by atoms with Gasteiger partial charge in [-0.1, -0.05) is 89.0 Å². The van der Waals surface area contributed by atoms with Crippen molar-refractivity contribution >= 4 is 28.7 Å². The van der Waals surface area contributed by atoms with Gasteiger partial charge in [0, 0.05) is 5.69 Å². The van der Waals surface area contributed by atoms with Gasteiger partial charge >= 0.3 is 0 Å². The van der Waals surface area contributed by atoms with Gasteiger partial charge in [-0.3, -0.25) is 0 Å². The monoisotopic (exact) mass is 429 g/mol. The van der Waals surface area contributed by atoms with E-state index < -0.39 is 0 Å². The zero-order chi connectivity index (χ0) is 22.9. The van der Waals surface area contributed by atoms with Crippen molar-refractivity contribution in [3.05, 3.63) is 77.6 Å². The molecule has 30 heavy (non-hydrogen) atoms. The van der Waals surface area contributed by atoms with Crippen LogP contribution >= 0.6 is 11.6 Å². The summed E-state index contributed by atoms with van der Waals surface area (Å²) in [6.07, 6.45) is 4.48. The molecule has 0 aliphatic heterocycles. The molecule has 4 nitrogen and oxygen atoms in total. The van der Waals surface area contributed by atoms with Crippen LogP contribution in [0.3, 0.4) is 0 Å². The average Bonchev–Trinajstić information content (AvgIpc) is 2.75. The lowest BCUT2D eigenvalue weighted by Gasteiger charge is -2.11. The Balaban J connectivity index is 0.00000125. The first-order chi connectivity index (χ1) is 14.4. The number of unbranched alkanes of at least 4 members (excludes halogenated alkanes) is 1. The van der Waals surface area contributed by atoms with Crippen molar-refractivity contribution < 1.29 is 4.74 Å². The minimum atomic E-state index is 0.439. The molecule has 0 bridgehead atoms. The van der Waals surface area contributed by atoms with Gasteiger partial charge in [-0.05, 0) is 42.3 Å². The van der Waals surface area contributed by atoms with Gasteiger partial charge in [-0.2, -0.15) is 0 Å². The van der Waals surface area contributed by atoms with Crippen LogP contribution in [0.4, 0.5) is 5.69 Å². The van der Waals surface area contributed by atoms with E-state index >= 15 is 0 Å². The third kappa shape index (κ3) is 10.7. The van der Waals surface area contributed by atoms with Gasteiger partial charge < -0.3 is 15.8 Å². The fourth-order valence-corrected chi connectivity index (χ4v) is 2.34. The van der Waals surface area contributed by atoms with E-state index in [0.717, 1.165) is 16.8 Å². The quantitative estimate of drug-likeness (QED) is 0.271. The molecule has 3 N–H and O–H groups in total. The standard InChI is InChI=1S/C19H20ClN3O.C4H10.C2H6/c1-13(15-7-5-4-6-8-15)11-19(22-14(2)21)23-16-9-10-18(24-3)17(20)12-16;1-3-4-2;1-2/h4-12,23H,1H2,2-3H3,(H2,21,22);3-4H2,1-2H3;1-2H3/b19-11+;;. The number of halogens is 1. The van der Waals surface area contributed by atoms with E-state index in [9.17, 15) is 0 Å². The molecule has 0 amide bonds. The number of allylic oxidation sites excluding steroid dienone is 2. The third-order valence-electron chi connectivity index (χ3n) is 3.68. The Morgan fingerprint density at radius 3 is 2.20 bits per heavy atom. The summed E-state index contributed by atoms with van der Waals surface area (Å²) in [6, 6.07) is 15.3. The van der Waals surface area contributed by atoms with Crippen LogP contribution in [0, 0.1) is 0 Å². The molecule has 0 atom stereocenters. The second kappa shape index (κ2) is 16.1. The SMILES string of the molecule is C=C(/C=C(\N=C(/C)N)Nc1ccc(OC)c(Cl)c1)c1ccccc1.CC.CCCC. The summed E-state index contributed by atoms with van der Waals surface area (Å²) in [5.74, 6) is 1.62. The molecule has 0 saturated heterocycles. The predicted octanol–water partition coefficient (Wildman–Crippen LogP) is 7.53. The second-order valence-electron chi connectivity index (χ2n) is 6.15. The Bertz CT molecular complexity index is 808. The Hall–Kier alpha value is -2.72. The number of methoxy groups -OCH3 is 1. The van der Waals surface area contributed by atoms with Crippen molar-refractivity contribution in [1.82, 2.24) is 0 Å². The number of anilines is 1. The molecule has 0 aliphatic carbocycles. The molecule has 164 valence electrons. The normalized spacial score (nSPS) is 10.8. The van der Waals surface area contributed by atoms with Crippen LogP contribution in [0.5, 0.6) is 5.75 Å². The van der Waals surface area contributed by atoms with Crippen molar-refractivity contribution in [2.75, 3.05) is 12.4 Å². The summed E-state index contributed by atoms with van der Waals surface area (Å²) in [5, 5.41) is 3.71. The molecule has 0 aromatic heterocycles. The molecule has 5 heteroatoms. The first-order valence-electron chi connectivity index (χ1n) is 10.3. The second-order valence-corrected chi connectivity index (χ2v) is 6.56. The van der Waals surface area contributed by atoms with Crippen LogP contribution < -0.4 is 15.8 Å². The number of ether oxygens (including phenoxy) is 1. The molecule has 0 radical (unpaired) electrons. The number of amidine groups is 1. The van der Waals surface area contributed by atoms with Crippen molar-refractivity contribution in [2.24, 2.45) is 10.7 Å². The number of aliphatic imine (C=N–C) groups is 1. The van der Waals surface area contributed by atoms with Crippen LogP contribution in [0.2, 0.25) is 5.02 Å². The van der Waals surface area contributed by atoms with E-state index in [-0.39, 0.29) is 0 Å². The Labute approximate surface area is 187 Å². The summed E-state index contributed by atoms with van der Waals surface area (Å²) in [6.45, 7) is 14.2. The number of nitrogens with two attached hydrogens (primary N) is 1. The van der Waals surface area contributed by atoms with Gasteiger partial charge in [0.1, 0.15) is 11.6 Å². The average molecular weight is 430 g/mol. The third-order valence-corrected chi connectivity index (χ3v) is 3.97. The van der Waals surface area contributed by atoms with E-state index in [4.69, 9.17) is 22.1 Å². The maximum Gasteiger partial charge on any atom is 0.137 e. The summed E-state index contributed by atoms with van der Waals surface area (Å²) < 4.78 is 5.16. The fourth-order valence-electron chi connectivity index (χ4n) is 2.08. The van der Waals surface area contributed by atoms with Crippen molar-refractivity contribution in [3.63, 3.8) is 0 Å². The summed E-state index contributed by atoms with van der Waals surface area (Å²) in [7, 11) is 1.57. The lowest BCUT2D eigenvalue weighted by molar-refractivity contribution is 0.415. The molecular weight excluding hydrogens is 394 g/mol. The van der Waals surface area contributed by atoms with Gasteiger partial charge in [0.2, 0.25) is 0 Å². The van der Waals surface area contributed by atoms with Crippen LogP contribution in [-0.4, -0.2) is 12.9 Å². The number of nitrogens with zero attached hydrogens (tertiary/aromatic N) is 1. The number of hydrogen-bond donors (Lipinski definition) is 2. The van der Waals surface area contributed by atoms with Crippen molar-refractivity contribution in [3.8, 4) is 5.75 Å². The molecule has 0 aliphatic rings. The van der Waals surface area contributed by atoms with E-state index in [0.29, 0.717) is 22.4 Å². The van der Waals surface area contributed by atoms with Crippen molar-refractivity contribution in [1.29, 1.82) is 0 Å². The number of benzene rings is 2. The van der Waals surface area contributed by atoms with Crippen LogP contribution in [0.1, 0.15) is 53.0 Å². The number of nitrogens with one attached hydrogen (secondary N) is 1. The summed E-state index contributed by atoms with van der Waals surface area (Å²) in [4.78, 5) is 4.32. The Kier molecular flexibility index (Phi) is 14.7. The van der Waals surface area contributed by atoms with E-state index in [2.05, 4.69) is 30.7 Å². The molecule has 2 aromatic rings. The molecular formula is C25H36ClN3O. The smallest absolute Gasteiger partial charge is 0.137 e. The van der Waals surface area contributed by atoms with Gasteiger partial charge in [0.15, 0.2) is 0 Å². The lowest BCUT2D eigenvalue weighted by Crippen LogP contribution is -2.08. The first kappa shape index (κ1) is 27.3. The van der Waals surface area contributed by atoms with Gasteiger partial charge in [0.25, 0.3) is 0 Å². The highest BCUT2D eigenvalue weighted by atomic mass is 35.5. The number of rotatable bonds is 7. The molecule has 0 spiro atoms. The van der Waals surface area contributed by atoms with E-state index in [1.807, 2.05) is 56.3 Å². The first-order valence-corrected chi connectivity index (χ1v) is 10.7. The highest BCUT2D eigenvalue weighted by molar-refractivity contribution is 6.32. The van der Waals surface area contributed by atoms with Gasteiger partial charge in [-0.15, -0.1) is 0 Å². The zero-order valence-corrected chi connectivity index (χ0v) is 19.9. The van der Waals surface area contributed by atoms with Gasteiger partial charge in [-0.25, -0.2) is 4.99 Å². The Morgan fingerprint density at radius 2 is 1.73 bits per heavy atom. The maximum absolute atomic E-state index is 6.16. The topological polar surface area (TPSA) is 59.6 Å². The molecule has 0 fully saturated rings. The van der Waals surface area contributed by atoms with E-state index in [1.165, 1.54) is 12.8 Å².